The molecule has 2 N–H and O–H groups in total. The highest BCUT2D eigenvalue weighted by Crippen LogP contribution is 2.27. The monoisotopic (exact) mass is 496 g/mol. The van der Waals surface area contributed by atoms with Gasteiger partial charge in [0.15, 0.2) is 0 Å². The van der Waals surface area contributed by atoms with Crippen molar-refractivity contribution in [2.45, 2.75) is 4.90 Å². The maximum Gasteiger partial charge on any atom is 0.286 e. The van der Waals surface area contributed by atoms with E-state index in [1.54, 1.807) is 66.7 Å². The first-order chi connectivity index (χ1) is 17.4. The van der Waals surface area contributed by atoms with Gasteiger partial charge in [0.05, 0.1) is 17.5 Å². The summed E-state index contributed by atoms with van der Waals surface area (Å²) in [6, 6.07) is 24.0. The lowest BCUT2D eigenvalue weighted by molar-refractivity contribution is 0.554. The molecule has 10 nitrogen and oxygen atoms in total. The zero-order valence-corrected chi connectivity index (χ0v) is 19.2. The van der Waals surface area contributed by atoms with Crippen LogP contribution in [-0.2, 0) is 10.0 Å². The number of ether oxygens (including phenoxy) is 1. The molecule has 3 aromatic carbocycles. The molecule has 176 valence electrons. The number of hydrogen-bond acceptors (Lipinski definition) is 8. The quantitative estimate of drug-likeness (QED) is 0.318. The fourth-order valence-corrected chi connectivity index (χ4v) is 4.62. The molecule has 0 fully saturated rings. The van der Waals surface area contributed by atoms with E-state index in [9.17, 15) is 18.5 Å². The summed E-state index contributed by atoms with van der Waals surface area (Å²) in [5.41, 5.74) is 3.97. The van der Waals surface area contributed by atoms with Gasteiger partial charge >= 0.3 is 0 Å². The Labute approximate surface area is 205 Å². The van der Waals surface area contributed by atoms with E-state index in [1.807, 2.05) is 12.1 Å². The molecule has 0 amide bonds. The van der Waals surface area contributed by atoms with Crippen LogP contribution in [0.3, 0.4) is 0 Å². The third-order valence-electron chi connectivity index (χ3n) is 5.16. The molecular formula is C25H16N6O4S. The van der Waals surface area contributed by atoms with Crippen molar-refractivity contribution in [3.8, 4) is 23.1 Å². The van der Waals surface area contributed by atoms with E-state index in [0.717, 1.165) is 0 Å². The van der Waals surface area contributed by atoms with E-state index in [4.69, 9.17) is 4.74 Å². The molecule has 0 saturated carbocycles. The smallest absolute Gasteiger partial charge is 0.286 e. The van der Waals surface area contributed by atoms with Crippen LogP contribution in [0.5, 0.6) is 5.75 Å². The average Bonchev–Trinajstić information content (AvgIpc) is 3.15. The van der Waals surface area contributed by atoms with E-state index >= 15 is 0 Å². The molecule has 1 aliphatic heterocycles. The molecule has 4 aromatic rings. The second-order valence-electron chi connectivity index (χ2n) is 7.52. The van der Waals surface area contributed by atoms with Gasteiger partial charge < -0.3 is 4.74 Å². The number of nitrogens with one attached hydrogen (secondary N) is 2. The number of H-pyrrole nitrogens is 1. The number of fused-ring (bicyclic) bond motifs is 1. The van der Waals surface area contributed by atoms with Gasteiger partial charge in [-0.25, -0.2) is 10.4 Å². The van der Waals surface area contributed by atoms with Gasteiger partial charge in [-0.2, -0.15) is 18.8 Å². The molecule has 0 spiro atoms. The number of aromatic amines is 1. The van der Waals surface area contributed by atoms with Gasteiger partial charge in [0.2, 0.25) is 11.8 Å². The molecule has 0 aliphatic carbocycles. The summed E-state index contributed by atoms with van der Waals surface area (Å²) in [5.74, 6) is 0.489. The predicted molar refractivity (Wildman–Crippen MR) is 133 cm³/mol. The first kappa shape index (κ1) is 22.7. The van der Waals surface area contributed by atoms with E-state index in [2.05, 4.69) is 24.9 Å². The number of aromatic nitrogens is 2. The lowest BCUT2D eigenvalue weighted by Gasteiger charge is -2.06. The fraction of sp³-hybridized carbons (Fsp3) is 0. The number of anilines is 1. The molecule has 1 aliphatic rings. The summed E-state index contributed by atoms with van der Waals surface area (Å²) in [5, 5.41) is 13.4. The second-order valence-corrected chi connectivity index (χ2v) is 9.10. The summed E-state index contributed by atoms with van der Waals surface area (Å²) >= 11 is 0. The van der Waals surface area contributed by atoms with Crippen LogP contribution in [0.2, 0.25) is 0 Å². The summed E-state index contributed by atoms with van der Waals surface area (Å²) in [4.78, 5) is 19.2. The van der Waals surface area contributed by atoms with Crippen LogP contribution in [0, 0.1) is 11.3 Å². The summed E-state index contributed by atoms with van der Waals surface area (Å²) in [6.45, 7) is 0. The minimum Gasteiger partial charge on any atom is -0.438 e. The number of benzene rings is 3. The summed E-state index contributed by atoms with van der Waals surface area (Å²) in [6.07, 6.45) is 1.50. The number of rotatable bonds is 5. The molecule has 0 unspecified atom stereocenters. The lowest BCUT2D eigenvalue weighted by atomic mass is 10.1. The van der Waals surface area contributed by atoms with Gasteiger partial charge in [-0.15, -0.1) is 4.40 Å². The third-order valence-corrected chi connectivity index (χ3v) is 6.47. The van der Waals surface area contributed by atoms with Crippen LogP contribution < -0.4 is 15.7 Å². The standard InChI is InChI=1S/C25H16N6O4S/c26-14-20-22(17-6-2-1-3-7-17)28-25(29-23(20)32)30-27-15-16-10-12-18(13-11-16)35-24-19-8-4-5-9-21(19)36(33,34)31-24/h1-13,15H,(H2,28,29,30,32). The minimum absolute atomic E-state index is 0.0127. The highest BCUT2D eigenvalue weighted by molar-refractivity contribution is 7.90. The Morgan fingerprint density at radius 1 is 1.00 bits per heavy atom. The highest BCUT2D eigenvalue weighted by Gasteiger charge is 2.30. The number of nitriles is 1. The number of nitrogens with zero attached hydrogens (tertiary/aromatic N) is 4. The highest BCUT2D eigenvalue weighted by atomic mass is 32.2. The van der Waals surface area contributed by atoms with Crippen molar-refractivity contribution in [3.63, 3.8) is 0 Å². The van der Waals surface area contributed by atoms with Gasteiger partial charge in [0.1, 0.15) is 22.3 Å². The summed E-state index contributed by atoms with van der Waals surface area (Å²) in [7, 11) is -3.77. The van der Waals surface area contributed by atoms with E-state index in [-0.39, 0.29) is 28.0 Å². The van der Waals surface area contributed by atoms with Crippen LogP contribution in [0.25, 0.3) is 11.3 Å². The topological polar surface area (TPSA) is 150 Å². The van der Waals surface area contributed by atoms with Crippen molar-refractivity contribution in [3.05, 3.63) is 106 Å². The van der Waals surface area contributed by atoms with Gasteiger partial charge in [-0.05, 0) is 42.0 Å². The molecule has 0 radical (unpaired) electrons. The maximum absolute atomic E-state index is 12.3. The first-order valence-corrected chi connectivity index (χ1v) is 12.0. The van der Waals surface area contributed by atoms with Crippen LogP contribution in [0.1, 0.15) is 16.7 Å². The molecule has 5 rings (SSSR count). The SMILES string of the molecule is N#Cc1c(-c2ccccc2)nc(NN=Cc2ccc(OC3=NS(=O)(=O)c4ccccc43)cc2)[nH]c1=O. The van der Waals surface area contributed by atoms with Crippen LogP contribution in [0.4, 0.5) is 5.95 Å². The summed E-state index contributed by atoms with van der Waals surface area (Å²) < 4.78 is 33.7. The van der Waals surface area contributed by atoms with Crippen molar-refractivity contribution in [2.75, 3.05) is 5.43 Å². The second kappa shape index (κ2) is 9.28. The Bertz CT molecular complexity index is 1720. The maximum atomic E-state index is 12.3. The lowest BCUT2D eigenvalue weighted by Crippen LogP contribution is -2.16. The van der Waals surface area contributed by atoms with Gasteiger partial charge in [-0.1, -0.05) is 42.5 Å². The number of hydrogen-bond donors (Lipinski definition) is 2. The molecule has 0 saturated heterocycles. The Kier molecular flexibility index (Phi) is 5.85. The average molecular weight is 497 g/mol. The molecule has 0 atom stereocenters. The minimum atomic E-state index is -3.77. The van der Waals surface area contributed by atoms with Crippen molar-refractivity contribution in [2.24, 2.45) is 9.50 Å². The Morgan fingerprint density at radius 2 is 1.72 bits per heavy atom. The fourth-order valence-electron chi connectivity index (χ4n) is 3.49. The Hall–Kier alpha value is -5.08. The Morgan fingerprint density at radius 3 is 2.47 bits per heavy atom. The number of hydrazone groups is 1. The molecule has 11 heteroatoms. The van der Waals surface area contributed by atoms with Crippen molar-refractivity contribution in [1.29, 1.82) is 5.26 Å². The Balaban J connectivity index is 1.30. The first-order valence-electron chi connectivity index (χ1n) is 10.6. The van der Waals surface area contributed by atoms with E-state index in [0.29, 0.717) is 22.4 Å². The molecule has 2 heterocycles. The van der Waals surface area contributed by atoms with Crippen molar-refractivity contribution >= 4 is 28.1 Å². The third kappa shape index (κ3) is 4.48. The van der Waals surface area contributed by atoms with E-state index < -0.39 is 15.6 Å². The molecular weight excluding hydrogens is 480 g/mol. The van der Waals surface area contributed by atoms with Crippen molar-refractivity contribution in [1.82, 2.24) is 9.97 Å². The number of sulfonamides is 1. The predicted octanol–water partition coefficient (Wildman–Crippen LogP) is 3.28. The van der Waals surface area contributed by atoms with Gasteiger partial charge in [0.25, 0.3) is 15.6 Å². The zero-order chi connectivity index (χ0) is 25.1. The molecule has 1 aromatic heterocycles. The van der Waals surface area contributed by atoms with Gasteiger partial charge in [0, 0.05) is 5.56 Å². The van der Waals surface area contributed by atoms with Crippen LogP contribution in [0.15, 0.2) is 98.1 Å². The van der Waals surface area contributed by atoms with Crippen LogP contribution >= 0.6 is 0 Å². The van der Waals surface area contributed by atoms with Gasteiger partial charge in [-0.3, -0.25) is 9.78 Å². The van der Waals surface area contributed by atoms with E-state index in [1.165, 1.54) is 12.3 Å². The normalized spacial score (nSPS) is 13.6. The molecule has 0 bridgehead atoms. The largest absolute Gasteiger partial charge is 0.438 e. The molecule has 36 heavy (non-hydrogen) atoms. The zero-order valence-electron chi connectivity index (χ0n) is 18.4. The van der Waals surface area contributed by atoms with Crippen LogP contribution in [-0.4, -0.2) is 30.5 Å². The van der Waals surface area contributed by atoms with Crippen molar-refractivity contribution < 1.29 is 13.2 Å².